The van der Waals surface area contributed by atoms with Gasteiger partial charge in [0, 0.05) is 9.86 Å². The Kier molecular flexibility index (Phi) is 3.64. The van der Waals surface area contributed by atoms with Crippen LogP contribution in [0.4, 0.5) is 0 Å². The second-order valence-electron chi connectivity index (χ2n) is 4.89. The average Bonchev–Trinajstić information content (AvgIpc) is 2.87. The van der Waals surface area contributed by atoms with Crippen molar-refractivity contribution >= 4 is 26.9 Å². The van der Waals surface area contributed by atoms with Gasteiger partial charge in [0.15, 0.2) is 0 Å². The highest BCUT2D eigenvalue weighted by Gasteiger charge is 2.19. The Morgan fingerprint density at radius 1 is 1.10 bits per heavy atom. The molecule has 1 heterocycles. The first-order chi connectivity index (χ1) is 9.70. The number of hydrogen-bond acceptors (Lipinski definition) is 2. The van der Waals surface area contributed by atoms with Crippen molar-refractivity contribution in [2.24, 2.45) is 0 Å². The van der Waals surface area contributed by atoms with E-state index in [0.29, 0.717) is 0 Å². The van der Waals surface area contributed by atoms with Crippen molar-refractivity contribution in [1.29, 1.82) is 0 Å². The zero-order chi connectivity index (χ0) is 14.1. The van der Waals surface area contributed by atoms with Crippen molar-refractivity contribution in [2.45, 2.75) is 13.0 Å². The third kappa shape index (κ3) is 2.28. The van der Waals surface area contributed by atoms with Crippen LogP contribution in [0.5, 0.6) is 0 Å². The molecule has 20 heavy (non-hydrogen) atoms. The van der Waals surface area contributed by atoms with Crippen LogP contribution >= 0.6 is 15.9 Å². The monoisotopic (exact) mass is 329 g/mol. The second kappa shape index (κ2) is 5.43. The number of rotatable bonds is 3. The van der Waals surface area contributed by atoms with E-state index in [1.807, 2.05) is 25.2 Å². The minimum atomic E-state index is 0.0386. The van der Waals surface area contributed by atoms with Gasteiger partial charge in [-0.15, -0.1) is 0 Å². The standard InChI is InChI=1S/C17H16BrNO/c1-11-6-5-8-13(16(11)18)17(19-2)15-10-12-7-3-4-9-14(12)20-15/h3-10,17,19H,1-2H3. The topological polar surface area (TPSA) is 25.2 Å². The first-order valence-corrected chi connectivity index (χ1v) is 7.40. The van der Waals surface area contributed by atoms with E-state index in [0.717, 1.165) is 21.2 Å². The lowest BCUT2D eigenvalue weighted by molar-refractivity contribution is 0.490. The van der Waals surface area contributed by atoms with Crippen LogP contribution in [0.1, 0.15) is 22.9 Å². The van der Waals surface area contributed by atoms with Crippen molar-refractivity contribution in [1.82, 2.24) is 5.32 Å². The number of furan rings is 1. The largest absolute Gasteiger partial charge is 0.459 e. The molecule has 3 heteroatoms. The Balaban J connectivity index is 2.11. The molecular weight excluding hydrogens is 314 g/mol. The van der Waals surface area contributed by atoms with Crippen LogP contribution < -0.4 is 5.32 Å². The highest BCUT2D eigenvalue weighted by atomic mass is 79.9. The summed E-state index contributed by atoms with van der Waals surface area (Å²) in [6, 6.07) is 16.5. The second-order valence-corrected chi connectivity index (χ2v) is 5.68. The minimum absolute atomic E-state index is 0.0386. The van der Waals surface area contributed by atoms with E-state index in [9.17, 15) is 0 Å². The van der Waals surface area contributed by atoms with Crippen LogP contribution in [0.15, 0.2) is 57.4 Å². The van der Waals surface area contributed by atoms with E-state index >= 15 is 0 Å². The molecule has 0 aliphatic rings. The van der Waals surface area contributed by atoms with Gasteiger partial charge in [0.05, 0.1) is 6.04 Å². The summed E-state index contributed by atoms with van der Waals surface area (Å²) in [7, 11) is 1.95. The van der Waals surface area contributed by atoms with Crippen LogP contribution in [0.25, 0.3) is 11.0 Å². The number of aryl methyl sites for hydroxylation is 1. The maximum atomic E-state index is 5.99. The van der Waals surface area contributed by atoms with Crippen LogP contribution in [-0.4, -0.2) is 7.05 Å². The first-order valence-electron chi connectivity index (χ1n) is 6.61. The number of nitrogens with one attached hydrogen (secondary N) is 1. The fourth-order valence-electron chi connectivity index (χ4n) is 2.49. The molecule has 0 aliphatic heterocycles. The van der Waals surface area contributed by atoms with E-state index in [4.69, 9.17) is 4.42 Å². The van der Waals surface area contributed by atoms with Crippen molar-refractivity contribution in [3.8, 4) is 0 Å². The molecule has 1 atom stereocenters. The predicted molar refractivity (Wildman–Crippen MR) is 86.0 cm³/mol. The highest BCUT2D eigenvalue weighted by molar-refractivity contribution is 9.10. The molecule has 102 valence electrons. The lowest BCUT2D eigenvalue weighted by atomic mass is 10.0. The zero-order valence-corrected chi connectivity index (χ0v) is 13.1. The van der Waals surface area contributed by atoms with Gasteiger partial charge < -0.3 is 9.73 Å². The molecule has 0 amide bonds. The molecule has 1 unspecified atom stereocenters. The summed E-state index contributed by atoms with van der Waals surface area (Å²) in [5.41, 5.74) is 3.33. The van der Waals surface area contributed by atoms with Crippen molar-refractivity contribution in [3.05, 3.63) is 69.9 Å². The Bertz CT molecular complexity index is 715. The summed E-state index contributed by atoms with van der Waals surface area (Å²) in [6.07, 6.45) is 0. The van der Waals surface area contributed by atoms with Crippen molar-refractivity contribution in [2.75, 3.05) is 7.05 Å². The SMILES string of the molecule is CNC(c1cc2ccccc2o1)c1cccc(C)c1Br. The quantitative estimate of drug-likeness (QED) is 0.745. The van der Waals surface area contributed by atoms with Crippen molar-refractivity contribution in [3.63, 3.8) is 0 Å². The Labute approximate surface area is 126 Å². The van der Waals surface area contributed by atoms with Gasteiger partial charge in [-0.3, -0.25) is 0 Å². The summed E-state index contributed by atoms with van der Waals surface area (Å²) in [4.78, 5) is 0. The maximum Gasteiger partial charge on any atom is 0.134 e. The Morgan fingerprint density at radius 2 is 1.90 bits per heavy atom. The maximum absolute atomic E-state index is 5.99. The number of hydrogen-bond donors (Lipinski definition) is 1. The van der Waals surface area contributed by atoms with Crippen LogP contribution in [0.3, 0.4) is 0 Å². The number of fused-ring (bicyclic) bond motifs is 1. The predicted octanol–water partition coefficient (Wildman–Crippen LogP) is 4.81. The molecule has 0 fully saturated rings. The number of para-hydroxylation sites is 1. The summed E-state index contributed by atoms with van der Waals surface area (Å²) in [5, 5.41) is 4.47. The molecule has 0 bridgehead atoms. The molecule has 2 aromatic carbocycles. The Hall–Kier alpha value is -1.58. The minimum Gasteiger partial charge on any atom is -0.459 e. The van der Waals surface area contributed by atoms with Gasteiger partial charge >= 0.3 is 0 Å². The molecule has 0 saturated heterocycles. The van der Waals surface area contributed by atoms with Gasteiger partial charge in [0.1, 0.15) is 11.3 Å². The highest BCUT2D eigenvalue weighted by Crippen LogP contribution is 2.33. The number of benzene rings is 2. The summed E-state index contributed by atoms with van der Waals surface area (Å²) < 4.78 is 7.11. The molecule has 0 spiro atoms. The van der Waals surface area contributed by atoms with Crippen LogP contribution in [0, 0.1) is 6.92 Å². The lowest BCUT2D eigenvalue weighted by Crippen LogP contribution is -2.17. The molecule has 3 aromatic rings. The fourth-order valence-corrected chi connectivity index (χ4v) is 2.98. The third-order valence-corrected chi connectivity index (χ3v) is 4.63. The van der Waals surface area contributed by atoms with Crippen LogP contribution in [0.2, 0.25) is 0 Å². The number of halogens is 1. The summed E-state index contributed by atoms with van der Waals surface area (Å²) in [5.74, 6) is 0.931. The lowest BCUT2D eigenvalue weighted by Gasteiger charge is -2.16. The molecule has 1 aromatic heterocycles. The van der Waals surface area contributed by atoms with Gasteiger partial charge in [0.2, 0.25) is 0 Å². The van der Waals surface area contributed by atoms with E-state index in [-0.39, 0.29) is 6.04 Å². The van der Waals surface area contributed by atoms with Gasteiger partial charge in [-0.2, -0.15) is 0 Å². The average molecular weight is 330 g/mol. The molecule has 2 nitrogen and oxygen atoms in total. The molecule has 0 aliphatic carbocycles. The van der Waals surface area contributed by atoms with E-state index in [2.05, 4.69) is 58.5 Å². The molecule has 0 saturated carbocycles. The third-order valence-electron chi connectivity index (χ3n) is 3.55. The summed E-state index contributed by atoms with van der Waals surface area (Å²) in [6.45, 7) is 2.10. The van der Waals surface area contributed by atoms with Crippen molar-refractivity contribution < 1.29 is 4.42 Å². The fraction of sp³-hybridized carbons (Fsp3) is 0.176. The normalized spacial score (nSPS) is 12.8. The van der Waals surface area contributed by atoms with E-state index in [1.165, 1.54) is 11.1 Å². The van der Waals surface area contributed by atoms with Gasteiger partial charge in [-0.25, -0.2) is 0 Å². The molecule has 1 N–H and O–H groups in total. The van der Waals surface area contributed by atoms with Gasteiger partial charge in [-0.05, 0) is 37.2 Å². The van der Waals surface area contributed by atoms with E-state index < -0.39 is 0 Å². The molecular formula is C17H16BrNO. The molecule has 3 rings (SSSR count). The molecule has 0 radical (unpaired) electrons. The first kappa shape index (κ1) is 13.4. The van der Waals surface area contributed by atoms with Crippen LogP contribution in [-0.2, 0) is 0 Å². The van der Waals surface area contributed by atoms with Gasteiger partial charge in [-0.1, -0.05) is 52.3 Å². The smallest absolute Gasteiger partial charge is 0.134 e. The van der Waals surface area contributed by atoms with E-state index in [1.54, 1.807) is 0 Å². The Morgan fingerprint density at radius 3 is 2.65 bits per heavy atom. The summed E-state index contributed by atoms with van der Waals surface area (Å²) >= 11 is 3.68. The zero-order valence-electron chi connectivity index (χ0n) is 11.5. The van der Waals surface area contributed by atoms with Gasteiger partial charge in [0.25, 0.3) is 0 Å².